The van der Waals surface area contributed by atoms with Crippen LogP contribution in [0, 0.1) is 13.8 Å². The summed E-state index contributed by atoms with van der Waals surface area (Å²) in [5.41, 5.74) is 4.94. The number of thioether (sulfide) groups is 1. The minimum Gasteiger partial charge on any atom is -0.326 e. The summed E-state index contributed by atoms with van der Waals surface area (Å²) in [5, 5.41) is 3.15. The first kappa shape index (κ1) is 22.1. The Morgan fingerprint density at radius 2 is 1.87 bits per heavy atom. The van der Waals surface area contributed by atoms with Gasteiger partial charge in [-0.3, -0.25) is 14.5 Å². The summed E-state index contributed by atoms with van der Waals surface area (Å²) in [4.78, 5) is 31.8. The second-order valence-corrected chi connectivity index (χ2v) is 9.07. The highest BCUT2D eigenvalue weighted by atomic mass is 32.2. The topological polar surface area (TPSA) is 61.8 Å². The smallest absolute Gasteiger partial charge is 0.242 e. The van der Waals surface area contributed by atoms with Crippen molar-refractivity contribution in [3.05, 3.63) is 59.2 Å². The van der Waals surface area contributed by atoms with Crippen molar-refractivity contribution in [1.82, 2.24) is 4.90 Å². The maximum atomic E-state index is 12.8. The van der Waals surface area contributed by atoms with E-state index in [0.29, 0.717) is 17.6 Å². The standard InChI is InChI=1S/C24H29N3O2S/c1-6-27-23(29)21(14-22(28)26-20-13-16(4)7-8-17(20)5)30-24(27)25-19-11-9-18(10-12-19)15(2)3/h7-13,15,21H,6,14H2,1-5H3,(H,26,28)/t21-/m1/s1. The number of rotatable bonds is 6. The first-order valence-corrected chi connectivity index (χ1v) is 11.2. The van der Waals surface area contributed by atoms with E-state index in [1.165, 1.54) is 17.3 Å². The molecule has 5 nitrogen and oxygen atoms in total. The number of hydrogen-bond acceptors (Lipinski definition) is 4. The molecule has 3 rings (SSSR count). The van der Waals surface area contributed by atoms with Crippen LogP contribution < -0.4 is 5.32 Å². The van der Waals surface area contributed by atoms with Crippen LogP contribution in [0.3, 0.4) is 0 Å². The molecule has 1 heterocycles. The molecule has 30 heavy (non-hydrogen) atoms. The Labute approximate surface area is 183 Å². The normalized spacial score (nSPS) is 17.8. The Hall–Kier alpha value is -2.60. The van der Waals surface area contributed by atoms with E-state index in [2.05, 4.69) is 36.3 Å². The largest absolute Gasteiger partial charge is 0.326 e. The van der Waals surface area contributed by atoms with Crippen molar-refractivity contribution in [3.63, 3.8) is 0 Å². The number of nitrogens with zero attached hydrogens (tertiary/aromatic N) is 2. The number of aliphatic imine (C=N–C) groups is 1. The highest BCUT2D eigenvalue weighted by Gasteiger charge is 2.38. The van der Waals surface area contributed by atoms with Gasteiger partial charge in [-0.2, -0.15) is 0 Å². The van der Waals surface area contributed by atoms with E-state index in [9.17, 15) is 9.59 Å². The molecule has 1 fully saturated rings. The Bertz CT molecular complexity index is 967. The second kappa shape index (κ2) is 9.47. The van der Waals surface area contributed by atoms with E-state index in [1.807, 2.05) is 51.1 Å². The molecular weight excluding hydrogens is 394 g/mol. The molecule has 0 saturated carbocycles. The van der Waals surface area contributed by atoms with E-state index in [1.54, 1.807) is 4.90 Å². The quantitative estimate of drug-likeness (QED) is 0.676. The van der Waals surface area contributed by atoms with Crippen LogP contribution in [0.15, 0.2) is 47.5 Å². The van der Waals surface area contributed by atoms with Crippen LogP contribution in [0.1, 0.15) is 49.8 Å². The average Bonchev–Trinajstić information content (AvgIpc) is 2.99. The number of hydrogen-bond donors (Lipinski definition) is 1. The summed E-state index contributed by atoms with van der Waals surface area (Å²) in [6.45, 7) is 10.7. The van der Waals surface area contributed by atoms with Crippen LogP contribution in [-0.2, 0) is 9.59 Å². The molecule has 0 radical (unpaired) electrons. The molecule has 1 aliphatic heterocycles. The van der Waals surface area contributed by atoms with Crippen LogP contribution >= 0.6 is 11.8 Å². The number of amidine groups is 1. The lowest BCUT2D eigenvalue weighted by Gasteiger charge is -2.14. The number of carbonyl (C=O) groups excluding carboxylic acids is 2. The molecular formula is C24H29N3O2S. The number of amides is 2. The van der Waals surface area contributed by atoms with Gasteiger partial charge in [0.15, 0.2) is 5.17 Å². The lowest BCUT2D eigenvalue weighted by atomic mass is 10.0. The van der Waals surface area contributed by atoms with Gasteiger partial charge in [-0.1, -0.05) is 49.9 Å². The molecule has 1 saturated heterocycles. The van der Waals surface area contributed by atoms with Crippen LogP contribution in [0.2, 0.25) is 0 Å². The summed E-state index contributed by atoms with van der Waals surface area (Å²) in [6.07, 6.45) is 0.124. The molecule has 0 unspecified atom stereocenters. The van der Waals surface area contributed by atoms with Crippen molar-refractivity contribution in [2.45, 2.75) is 52.2 Å². The van der Waals surface area contributed by atoms with Crippen molar-refractivity contribution in [1.29, 1.82) is 0 Å². The van der Waals surface area contributed by atoms with E-state index in [0.717, 1.165) is 22.5 Å². The van der Waals surface area contributed by atoms with Gasteiger partial charge in [-0.15, -0.1) is 0 Å². The zero-order valence-electron chi connectivity index (χ0n) is 18.2. The van der Waals surface area contributed by atoms with E-state index >= 15 is 0 Å². The third-order valence-corrected chi connectivity index (χ3v) is 6.33. The summed E-state index contributed by atoms with van der Waals surface area (Å²) in [7, 11) is 0. The lowest BCUT2D eigenvalue weighted by molar-refractivity contribution is -0.128. The summed E-state index contributed by atoms with van der Waals surface area (Å²) < 4.78 is 0. The van der Waals surface area contributed by atoms with Crippen molar-refractivity contribution in [3.8, 4) is 0 Å². The monoisotopic (exact) mass is 423 g/mol. The SMILES string of the molecule is CCN1C(=O)[C@@H](CC(=O)Nc2cc(C)ccc2C)SC1=Nc1ccc(C(C)C)cc1. The maximum Gasteiger partial charge on any atom is 0.242 e. The Morgan fingerprint density at radius 1 is 1.17 bits per heavy atom. The molecule has 2 amide bonds. The highest BCUT2D eigenvalue weighted by molar-refractivity contribution is 8.15. The Balaban J connectivity index is 1.71. The first-order chi connectivity index (χ1) is 14.3. The van der Waals surface area contributed by atoms with Gasteiger partial charge in [0.1, 0.15) is 5.25 Å². The van der Waals surface area contributed by atoms with Gasteiger partial charge in [0, 0.05) is 18.7 Å². The van der Waals surface area contributed by atoms with Crippen LogP contribution in [0.4, 0.5) is 11.4 Å². The molecule has 0 spiro atoms. The fourth-order valence-electron chi connectivity index (χ4n) is 3.30. The van der Waals surface area contributed by atoms with Crippen LogP contribution in [0.25, 0.3) is 0 Å². The van der Waals surface area contributed by atoms with Crippen LogP contribution in [-0.4, -0.2) is 33.7 Å². The number of benzene rings is 2. The fraction of sp³-hybridized carbons (Fsp3) is 0.375. The third-order valence-electron chi connectivity index (χ3n) is 5.16. The van der Waals surface area contributed by atoms with Crippen LogP contribution in [0.5, 0.6) is 0 Å². The fourth-order valence-corrected chi connectivity index (χ4v) is 4.52. The predicted molar refractivity (Wildman–Crippen MR) is 126 cm³/mol. The third kappa shape index (κ3) is 5.11. The highest BCUT2D eigenvalue weighted by Crippen LogP contribution is 2.32. The van der Waals surface area contributed by atoms with Gasteiger partial charge in [0.25, 0.3) is 0 Å². The number of nitrogens with one attached hydrogen (secondary N) is 1. The summed E-state index contributed by atoms with van der Waals surface area (Å²) in [6, 6.07) is 14.0. The van der Waals surface area contributed by atoms with Crippen molar-refractivity contribution in [2.24, 2.45) is 4.99 Å². The minimum atomic E-state index is -0.455. The van der Waals surface area contributed by atoms with Gasteiger partial charge >= 0.3 is 0 Å². The van der Waals surface area contributed by atoms with Gasteiger partial charge in [-0.05, 0) is 61.6 Å². The molecule has 0 aliphatic carbocycles. The molecule has 1 aliphatic rings. The zero-order chi connectivity index (χ0) is 21.8. The van der Waals surface area contributed by atoms with Gasteiger partial charge < -0.3 is 5.32 Å². The summed E-state index contributed by atoms with van der Waals surface area (Å²) in [5.74, 6) is 0.241. The van der Waals surface area contributed by atoms with E-state index < -0.39 is 5.25 Å². The van der Waals surface area contributed by atoms with Crippen molar-refractivity contribution < 1.29 is 9.59 Å². The van der Waals surface area contributed by atoms with E-state index in [-0.39, 0.29) is 18.2 Å². The van der Waals surface area contributed by atoms with Crippen molar-refractivity contribution in [2.75, 3.05) is 11.9 Å². The predicted octanol–water partition coefficient (Wildman–Crippen LogP) is 5.41. The zero-order valence-corrected chi connectivity index (χ0v) is 19.0. The molecule has 6 heteroatoms. The Kier molecular flexibility index (Phi) is 6.98. The Morgan fingerprint density at radius 3 is 2.50 bits per heavy atom. The number of carbonyl (C=O) groups is 2. The molecule has 2 aromatic rings. The van der Waals surface area contributed by atoms with Gasteiger partial charge in [0.05, 0.1) is 5.69 Å². The molecule has 0 aromatic heterocycles. The van der Waals surface area contributed by atoms with Crippen molar-refractivity contribution >= 4 is 40.1 Å². The molecule has 0 bridgehead atoms. The van der Waals surface area contributed by atoms with Gasteiger partial charge in [0.2, 0.25) is 11.8 Å². The summed E-state index contributed by atoms with van der Waals surface area (Å²) >= 11 is 1.37. The first-order valence-electron chi connectivity index (χ1n) is 10.3. The minimum absolute atomic E-state index is 0.0591. The molecule has 158 valence electrons. The second-order valence-electron chi connectivity index (χ2n) is 7.90. The van der Waals surface area contributed by atoms with E-state index in [4.69, 9.17) is 0 Å². The molecule has 1 N–H and O–H groups in total. The maximum absolute atomic E-state index is 12.8. The lowest BCUT2D eigenvalue weighted by Crippen LogP contribution is -2.33. The molecule has 1 atom stereocenters. The van der Waals surface area contributed by atoms with Gasteiger partial charge in [-0.25, -0.2) is 4.99 Å². The average molecular weight is 424 g/mol. The number of anilines is 1. The molecule has 2 aromatic carbocycles. The number of aryl methyl sites for hydroxylation is 2.